The van der Waals surface area contributed by atoms with E-state index in [0.717, 1.165) is 35.4 Å². The lowest BCUT2D eigenvalue weighted by atomic mass is 9.90. The molecule has 0 radical (unpaired) electrons. The molecule has 2 aromatic carbocycles. The van der Waals surface area contributed by atoms with E-state index >= 15 is 0 Å². The highest BCUT2D eigenvalue weighted by Crippen LogP contribution is 2.29. The van der Waals surface area contributed by atoms with Crippen molar-refractivity contribution in [2.45, 2.75) is 32.6 Å². The highest BCUT2D eigenvalue weighted by Gasteiger charge is 2.14. The molecule has 4 nitrogen and oxygen atoms in total. The largest absolute Gasteiger partial charge is 0.496 e. The number of benzene rings is 2. The van der Waals surface area contributed by atoms with Crippen LogP contribution in [0.15, 0.2) is 41.8 Å². The number of fused-ring (bicyclic) bond motifs is 1. The Morgan fingerprint density at radius 3 is 2.70 bits per heavy atom. The van der Waals surface area contributed by atoms with Gasteiger partial charge in [0.15, 0.2) is 5.13 Å². The maximum Gasteiger partial charge on any atom is 0.257 e. The molecule has 4 rings (SSSR count). The number of aromatic nitrogens is 1. The SMILES string of the molecule is COc1ccc(-c2csc(NC(=O)c3ccc4c(c3)CCCC4)n2)cc1C. The zero-order chi connectivity index (χ0) is 18.8. The molecule has 0 spiro atoms. The van der Waals surface area contributed by atoms with E-state index in [0.29, 0.717) is 10.7 Å². The molecule has 0 saturated carbocycles. The summed E-state index contributed by atoms with van der Waals surface area (Å²) in [4.78, 5) is 17.2. The smallest absolute Gasteiger partial charge is 0.257 e. The Morgan fingerprint density at radius 2 is 1.93 bits per heavy atom. The van der Waals surface area contributed by atoms with E-state index in [2.05, 4.69) is 16.4 Å². The second-order valence-corrected chi connectivity index (χ2v) is 7.73. The molecule has 0 unspecified atom stereocenters. The summed E-state index contributed by atoms with van der Waals surface area (Å²) in [5.74, 6) is 0.755. The van der Waals surface area contributed by atoms with Gasteiger partial charge in [0.25, 0.3) is 5.91 Å². The Morgan fingerprint density at radius 1 is 1.11 bits per heavy atom. The standard InChI is InChI=1S/C22H22N2O2S/c1-14-11-17(9-10-20(14)26-2)19-13-27-22(23-19)24-21(25)18-8-7-15-5-3-4-6-16(15)12-18/h7-13H,3-6H2,1-2H3,(H,23,24,25). The molecule has 5 heteroatoms. The van der Waals surface area contributed by atoms with Crippen molar-refractivity contribution in [2.24, 2.45) is 0 Å². The zero-order valence-corrected chi connectivity index (χ0v) is 16.4. The summed E-state index contributed by atoms with van der Waals surface area (Å²) < 4.78 is 5.31. The molecule has 0 bridgehead atoms. The third kappa shape index (κ3) is 3.74. The Kier molecular flexibility index (Phi) is 4.94. The van der Waals surface area contributed by atoms with Gasteiger partial charge in [0.1, 0.15) is 5.75 Å². The van der Waals surface area contributed by atoms with Crippen molar-refractivity contribution < 1.29 is 9.53 Å². The first-order valence-electron chi connectivity index (χ1n) is 9.18. The fourth-order valence-electron chi connectivity index (χ4n) is 3.55. The summed E-state index contributed by atoms with van der Waals surface area (Å²) >= 11 is 1.44. The number of hydrogen-bond donors (Lipinski definition) is 1. The van der Waals surface area contributed by atoms with Crippen molar-refractivity contribution in [3.63, 3.8) is 0 Å². The van der Waals surface area contributed by atoms with E-state index in [9.17, 15) is 4.79 Å². The summed E-state index contributed by atoms with van der Waals surface area (Å²) in [5, 5.41) is 5.51. The van der Waals surface area contributed by atoms with Gasteiger partial charge in [0.2, 0.25) is 0 Å². The number of ether oxygens (including phenoxy) is 1. The molecule has 0 saturated heterocycles. The van der Waals surface area contributed by atoms with Crippen LogP contribution in [-0.2, 0) is 12.8 Å². The number of carbonyl (C=O) groups is 1. The minimum absolute atomic E-state index is 0.102. The number of methoxy groups -OCH3 is 1. The quantitative estimate of drug-likeness (QED) is 0.674. The molecule has 3 aromatic rings. The van der Waals surface area contributed by atoms with Gasteiger partial charge in [-0.15, -0.1) is 11.3 Å². The first-order valence-corrected chi connectivity index (χ1v) is 10.1. The van der Waals surface area contributed by atoms with E-state index < -0.39 is 0 Å². The molecule has 1 heterocycles. The minimum Gasteiger partial charge on any atom is -0.496 e. The molecule has 1 aliphatic carbocycles. The van der Waals surface area contributed by atoms with Crippen molar-refractivity contribution in [1.82, 2.24) is 4.98 Å². The Bertz CT molecular complexity index is 994. The highest BCUT2D eigenvalue weighted by atomic mass is 32.1. The minimum atomic E-state index is -0.102. The first-order chi connectivity index (χ1) is 13.1. The lowest BCUT2D eigenvalue weighted by molar-refractivity contribution is 0.102. The van der Waals surface area contributed by atoms with Crippen molar-refractivity contribution >= 4 is 22.4 Å². The van der Waals surface area contributed by atoms with Crippen LogP contribution in [-0.4, -0.2) is 18.0 Å². The van der Waals surface area contributed by atoms with Gasteiger partial charge in [-0.3, -0.25) is 10.1 Å². The van der Waals surface area contributed by atoms with Crippen LogP contribution < -0.4 is 10.1 Å². The lowest BCUT2D eigenvalue weighted by Crippen LogP contribution is -2.13. The topological polar surface area (TPSA) is 51.2 Å². The average Bonchev–Trinajstić information content (AvgIpc) is 3.16. The van der Waals surface area contributed by atoms with Gasteiger partial charge in [-0.25, -0.2) is 4.98 Å². The second-order valence-electron chi connectivity index (χ2n) is 6.87. The fraction of sp³-hybridized carbons (Fsp3) is 0.273. The normalized spacial score (nSPS) is 13.1. The van der Waals surface area contributed by atoms with Crippen LogP contribution in [0, 0.1) is 6.92 Å². The van der Waals surface area contributed by atoms with Gasteiger partial charge < -0.3 is 4.74 Å². The zero-order valence-electron chi connectivity index (χ0n) is 15.5. The molecular formula is C22H22N2O2S. The number of aryl methyl sites for hydroxylation is 3. The van der Waals surface area contributed by atoms with Crippen molar-refractivity contribution in [3.8, 4) is 17.0 Å². The van der Waals surface area contributed by atoms with Gasteiger partial charge in [0, 0.05) is 16.5 Å². The van der Waals surface area contributed by atoms with Crippen molar-refractivity contribution in [3.05, 3.63) is 64.0 Å². The van der Waals surface area contributed by atoms with E-state index in [4.69, 9.17) is 4.74 Å². The van der Waals surface area contributed by atoms with Crippen LogP contribution in [0.2, 0.25) is 0 Å². The highest BCUT2D eigenvalue weighted by molar-refractivity contribution is 7.14. The van der Waals surface area contributed by atoms with Crippen LogP contribution in [0.25, 0.3) is 11.3 Å². The predicted octanol–water partition coefficient (Wildman–Crippen LogP) is 5.26. The number of amides is 1. The number of anilines is 1. The van der Waals surface area contributed by atoms with E-state index in [-0.39, 0.29) is 5.91 Å². The molecule has 27 heavy (non-hydrogen) atoms. The van der Waals surface area contributed by atoms with Crippen molar-refractivity contribution in [2.75, 3.05) is 12.4 Å². The van der Waals surface area contributed by atoms with Crippen LogP contribution in [0.4, 0.5) is 5.13 Å². The number of carbonyl (C=O) groups excluding carboxylic acids is 1. The second kappa shape index (κ2) is 7.53. The van der Waals surface area contributed by atoms with Crippen molar-refractivity contribution in [1.29, 1.82) is 0 Å². The summed E-state index contributed by atoms with van der Waals surface area (Å²) in [5.41, 5.74) is 6.31. The third-order valence-electron chi connectivity index (χ3n) is 5.03. The molecule has 1 aromatic heterocycles. The molecule has 0 fully saturated rings. The van der Waals surface area contributed by atoms with Gasteiger partial charge >= 0.3 is 0 Å². The first kappa shape index (κ1) is 17.7. The monoisotopic (exact) mass is 378 g/mol. The van der Waals surface area contributed by atoms with E-state index in [1.807, 2.05) is 42.6 Å². The Labute approximate surface area is 163 Å². The molecule has 1 amide bonds. The van der Waals surface area contributed by atoms with Gasteiger partial charge in [0.05, 0.1) is 12.8 Å². The molecule has 0 aliphatic heterocycles. The third-order valence-corrected chi connectivity index (χ3v) is 5.78. The van der Waals surface area contributed by atoms with Crippen LogP contribution in [0.5, 0.6) is 5.75 Å². The lowest BCUT2D eigenvalue weighted by Gasteiger charge is -2.16. The Hall–Kier alpha value is -2.66. The van der Waals surface area contributed by atoms with Crippen LogP contribution >= 0.6 is 11.3 Å². The number of thiazole rings is 1. The summed E-state index contributed by atoms with van der Waals surface area (Å²) in [6.07, 6.45) is 4.63. The van der Waals surface area contributed by atoms with Gasteiger partial charge in [-0.1, -0.05) is 6.07 Å². The number of rotatable bonds is 4. The molecule has 138 valence electrons. The maximum atomic E-state index is 12.6. The van der Waals surface area contributed by atoms with E-state index in [1.165, 1.54) is 35.3 Å². The maximum absolute atomic E-state index is 12.6. The molecule has 1 aliphatic rings. The molecule has 0 atom stereocenters. The summed E-state index contributed by atoms with van der Waals surface area (Å²) in [6, 6.07) is 12.0. The predicted molar refractivity (Wildman–Crippen MR) is 110 cm³/mol. The Balaban J connectivity index is 1.50. The van der Waals surface area contributed by atoms with Crippen LogP contribution in [0.3, 0.4) is 0 Å². The molecule has 1 N–H and O–H groups in total. The average molecular weight is 378 g/mol. The van der Waals surface area contributed by atoms with Gasteiger partial charge in [-0.05, 0) is 79.6 Å². The molecular weight excluding hydrogens is 356 g/mol. The number of nitrogens with zero attached hydrogens (tertiary/aromatic N) is 1. The summed E-state index contributed by atoms with van der Waals surface area (Å²) in [6.45, 7) is 2.01. The number of nitrogens with one attached hydrogen (secondary N) is 1. The fourth-order valence-corrected chi connectivity index (χ4v) is 4.26. The van der Waals surface area contributed by atoms with Crippen LogP contribution in [0.1, 0.15) is 39.9 Å². The number of hydrogen-bond acceptors (Lipinski definition) is 4. The summed E-state index contributed by atoms with van der Waals surface area (Å²) in [7, 11) is 1.67. The van der Waals surface area contributed by atoms with E-state index in [1.54, 1.807) is 7.11 Å². The van der Waals surface area contributed by atoms with Gasteiger partial charge in [-0.2, -0.15) is 0 Å².